The first kappa shape index (κ1) is 26.6. The van der Waals surface area contributed by atoms with Gasteiger partial charge in [-0.1, -0.05) is 6.92 Å². The van der Waals surface area contributed by atoms with Crippen LogP contribution < -0.4 is 11.1 Å². The number of fused-ring (bicyclic) bond motifs is 1. The number of amides is 1. The lowest BCUT2D eigenvalue weighted by Crippen LogP contribution is -2.63. The summed E-state index contributed by atoms with van der Waals surface area (Å²) in [4.78, 5) is 47.9. The molecule has 3 rings (SSSR count). The Hall–Kier alpha value is -0.630. The molecule has 0 aromatic heterocycles. The Morgan fingerprint density at radius 1 is 1.39 bits per heavy atom. The van der Waals surface area contributed by atoms with Gasteiger partial charge in [0.05, 0.1) is 18.1 Å². The lowest BCUT2D eigenvalue weighted by Gasteiger charge is -2.46. The highest BCUT2D eigenvalue weighted by atomic mass is 32.2. The summed E-state index contributed by atoms with van der Waals surface area (Å²) in [5, 5.41) is 23.4. The molecule has 0 aromatic carbocycles. The topological polar surface area (TPSA) is 194 Å². The number of aliphatic carboxylic acids is 1. The Kier molecular flexibility index (Phi) is 9.44. The number of carboxylic acids is 1. The summed E-state index contributed by atoms with van der Waals surface area (Å²) in [6.07, 6.45) is 0.215. The molecule has 3 aliphatic rings. The highest BCUT2D eigenvalue weighted by Gasteiger charge is 2.60. The number of hydrogen-bond donors (Lipinski definition) is 7. The van der Waals surface area contributed by atoms with E-state index in [1.165, 1.54) is 4.90 Å². The van der Waals surface area contributed by atoms with Crippen LogP contribution in [0.4, 0.5) is 0 Å². The minimum Gasteiger partial charge on any atom is -0.477 e. The van der Waals surface area contributed by atoms with Gasteiger partial charge in [-0.2, -0.15) is 11.8 Å². The summed E-state index contributed by atoms with van der Waals surface area (Å²) in [5.74, 6) is 0.0617. The highest BCUT2D eigenvalue weighted by Crippen LogP contribution is 2.51. The summed E-state index contributed by atoms with van der Waals surface area (Å²) in [7, 11) is -4.64. The quantitative estimate of drug-likeness (QED) is 0.127. The number of hydrogen-bond acceptors (Lipinski definition) is 8. The van der Waals surface area contributed by atoms with E-state index in [0.29, 0.717) is 17.8 Å². The summed E-state index contributed by atoms with van der Waals surface area (Å²) >= 11 is 3.42. The number of nitrogens with one attached hydrogen (secondary N) is 1. The molecule has 14 heteroatoms. The third-order valence-corrected chi connectivity index (χ3v) is 8.04. The Morgan fingerprint density at radius 3 is 2.52 bits per heavy atom. The molecule has 11 nitrogen and oxygen atoms in total. The van der Waals surface area contributed by atoms with E-state index in [1.54, 1.807) is 18.7 Å². The van der Waals surface area contributed by atoms with Crippen molar-refractivity contribution in [1.82, 2.24) is 10.2 Å². The Morgan fingerprint density at radius 2 is 2.00 bits per heavy atom. The van der Waals surface area contributed by atoms with Gasteiger partial charge in [-0.25, -0.2) is 9.36 Å². The first-order chi connectivity index (χ1) is 14.4. The van der Waals surface area contributed by atoms with E-state index in [0.717, 1.165) is 29.4 Å². The lowest BCUT2D eigenvalue weighted by atomic mass is 9.79. The first-order valence-corrected chi connectivity index (χ1v) is 13.4. The van der Waals surface area contributed by atoms with Gasteiger partial charge in [0.15, 0.2) is 0 Å². The fourth-order valence-electron chi connectivity index (χ4n) is 4.17. The maximum atomic E-state index is 12.4. The van der Waals surface area contributed by atoms with Crippen molar-refractivity contribution in [3.05, 3.63) is 10.6 Å². The van der Waals surface area contributed by atoms with E-state index in [4.69, 9.17) is 25.0 Å². The van der Waals surface area contributed by atoms with Crippen LogP contribution in [-0.4, -0.2) is 89.7 Å². The van der Waals surface area contributed by atoms with Crippen LogP contribution in [0.1, 0.15) is 20.3 Å². The number of nitrogens with zero attached hydrogens (tertiary/aromatic N) is 1. The van der Waals surface area contributed by atoms with Crippen LogP contribution >= 0.6 is 31.3 Å². The zero-order valence-corrected chi connectivity index (χ0v) is 19.8. The minimum absolute atomic E-state index is 0.0611. The van der Waals surface area contributed by atoms with Gasteiger partial charge in [0.1, 0.15) is 5.70 Å². The predicted molar refractivity (Wildman–Crippen MR) is 118 cm³/mol. The van der Waals surface area contributed by atoms with Crippen molar-refractivity contribution in [2.24, 2.45) is 17.6 Å². The third-order valence-electron chi connectivity index (χ3n) is 5.37. The maximum Gasteiger partial charge on any atom is 0.466 e. The average Bonchev–Trinajstić information content (AvgIpc) is 3.16. The molecule has 0 radical (unpaired) electrons. The molecule has 2 saturated heterocycles. The van der Waals surface area contributed by atoms with Crippen LogP contribution in [0.3, 0.4) is 0 Å². The van der Waals surface area contributed by atoms with Crippen molar-refractivity contribution in [1.29, 1.82) is 0 Å². The van der Waals surface area contributed by atoms with E-state index < -0.39 is 25.8 Å². The van der Waals surface area contributed by atoms with Gasteiger partial charge < -0.3 is 40.8 Å². The van der Waals surface area contributed by atoms with E-state index in [1.807, 2.05) is 18.7 Å². The minimum atomic E-state index is -4.64. The first-order valence-electron chi connectivity index (χ1n) is 9.81. The van der Waals surface area contributed by atoms with Gasteiger partial charge in [-0.3, -0.25) is 4.79 Å². The number of carboxylic acid groups (broad SMARTS) is 1. The van der Waals surface area contributed by atoms with Gasteiger partial charge in [0.25, 0.3) is 0 Å². The number of carbonyl (C=O) groups excluding carboxylic acids is 1. The molecule has 0 bridgehead atoms. The van der Waals surface area contributed by atoms with Crippen molar-refractivity contribution in [2.45, 2.75) is 43.7 Å². The molecule has 31 heavy (non-hydrogen) atoms. The van der Waals surface area contributed by atoms with E-state index in [2.05, 4.69) is 5.32 Å². The summed E-state index contributed by atoms with van der Waals surface area (Å²) in [6.45, 7) is 5.08. The summed E-state index contributed by atoms with van der Waals surface area (Å²) < 4.78 is 8.88. The number of phosphoric acid groups is 1. The third kappa shape index (κ3) is 6.68. The van der Waals surface area contributed by atoms with Crippen molar-refractivity contribution in [3.63, 3.8) is 0 Å². The number of aliphatic hydroxyl groups is 1. The van der Waals surface area contributed by atoms with Crippen LogP contribution in [0.15, 0.2) is 10.6 Å². The number of rotatable bonds is 8. The second-order valence-corrected chi connectivity index (χ2v) is 11.2. The molecule has 6 atom stereocenters. The molecule has 0 unspecified atom stereocenters. The second-order valence-electron chi connectivity index (χ2n) is 7.73. The van der Waals surface area contributed by atoms with Crippen molar-refractivity contribution < 1.29 is 39.0 Å². The zero-order valence-electron chi connectivity index (χ0n) is 17.2. The highest BCUT2D eigenvalue weighted by molar-refractivity contribution is 8.03. The van der Waals surface area contributed by atoms with Crippen molar-refractivity contribution in [2.75, 3.05) is 24.6 Å². The van der Waals surface area contributed by atoms with Crippen LogP contribution in [0, 0.1) is 11.8 Å². The molecule has 2 fully saturated rings. The molecule has 3 heterocycles. The Bertz CT molecular complexity index is 753. The fourth-order valence-corrected chi connectivity index (χ4v) is 6.56. The van der Waals surface area contributed by atoms with E-state index in [-0.39, 0.29) is 23.6 Å². The zero-order chi connectivity index (χ0) is 23.5. The molecule has 8 N–H and O–H groups in total. The molecule has 0 saturated carbocycles. The molecule has 178 valence electrons. The van der Waals surface area contributed by atoms with Crippen LogP contribution in [-0.2, 0) is 14.2 Å². The van der Waals surface area contributed by atoms with Crippen LogP contribution in [0.5, 0.6) is 0 Å². The van der Waals surface area contributed by atoms with Gasteiger partial charge in [0, 0.05) is 46.7 Å². The lowest BCUT2D eigenvalue weighted by molar-refractivity contribution is -0.163. The fraction of sp³-hybridized carbons (Fsp3) is 0.765. The number of nitrogens with two attached hydrogens (primary N) is 1. The Balaban J connectivity index is 0.000000614. The van der Waals surface area contributed by atoms with E-state index >= 15 is 0 Å². The van der Waals surface area contributed by atoms with Crippen molar-refractivity contribution >= 4 is 43.2 Å². The average molecular weight is 500 g/mol. The van der Waals surface area contributed by atoms with Gasteiger partial charge in [0.2, 0.25) is 5.91 Å². The molecule has 0 spiro atoms. The van der Waals surface area contributed by atoms with Gasteiger partial charge in [-0.15, -0.1) is 11.8 Å². The maximum absolute atomic E-state index is 12.4. The monoisotopic (exact) mass is 499 g/mol. The largest absolute Gasteiger partial charge is 0.477 e. The molecule has 3 aliphatic heterocycles. The predicted octanol–water partition coefficient (Wildman–Crippen LogP) is -0.633. The standard InChI is InChI=1S/C17H27N3O4S2.H3O4P/c1-8-13-12(9(2)21)16(22)20(13)14(17(23)24)15(8)26-11-5-10(19-6-11)7-25-4-3-18;1-5(2,3)4/h8-13,19,21H,3-7,18H2,1-2H3,(H,23,24);(H3,1,2,3,4)/t8-,9-,10+,11+,12-,13-;/m1./s1. The van der Waals surface area contributed by atoms with Crippen molar-refractivity contribution in [3.8, 4) is 0 Å². The van der Waals surface area contributed by atoms with Crippen LogP contribution in [0.2, 0.25) is 0 Å². The summed E-state index contributed by atoms with van der Waals surface area (Å²) in [6, 6.07) is 0.180. The second kappa shape index (κ2) is 11.0. The van der Waals surface area contributed by atoms with E-state index in [9.17, 15) is 19.8 Å². The number of thioether (sulfide) groups is 2. The normalized spacial score (nSPS) is 31.1. The van der Waals surface area contributed by atoms with Gasteiger partial charge in [-0.05, 0) is 13.3 Å². The van der Waals surface area contributed by atoms with Crippen LogP contribution in [0.25, 0.3) is 0 Å². The number of aliphatic hydroxyl groups excluding tert-OH is 1. The van der Waals surface area contributed by atoms with Gasteiger partial charge >= 0.3 is 13.8 Å². The smallest absolute Gasteiger partial charge is 0.466 e. The summed E-state index contributed by atoms with van der Waals surface area (Å²) in [5.41, 5.74) is 5.65. The molecule has 1 amide bonds. The number of carbonyl (C=O) groups is 2. The number of β-lactam (4-membered cyclic amide) rings is 1. The SMILES string of the molecule is C[C@@H](O)[C@H]1C(=O)N2C(C(=O)O)=C(S[C@@H]3CN[C@H](CSCCN)C3)[C@H](C)[C@H]12.O=P(O)(O)O. The molecule has 0 aromatic rings. The molecule has 0 aliphatic carbocycles. The Labute approximate surface area is 189 Å². The molecular weight excluding hydrogens is 469 g/mol. The molecular formula is C17H30N3O8PS2.